The van der Waals surface area contributed by atoms with Crippen LogP contribution in [-0.4, -0.2) is 32.2 Å². The summed E-state index contributed by atoms with van der Waals surface area (Å²) in [6, 6.07) is 8.94. The minimum Gasteiger partial charge on any atom is -0.480 e. The second-order valence-electron chi connectivity index (χ2n) is 4.48. The van der Waals surface area contributed by atoms with Crippen molar-refractivity contribution in [3.8, 4) is 0 Å². The molecular formula is C14H16N4O2S. The fraction of sp³-hybridized carbons (Fsp3) is 0.214. The summed E-state index contributed by atoms with van der Waals surface area (Å²) in [6.45, 7) is 0.545. The Hall–Kier alpha value is -2.41. The molecule has 0 bridgehead atoms. The van der Waals surface area contributed by atoms with E-state index >= 15 is 0 Å². The van der Waals surface area contributed by atoms with Crippen LogP contribution in [0.5, 0.6) is 0 Å². The predicted molar refractivity (Wildman–Crippen MR) is 82.7 cm³/mol. The number of carboxylic acids is 1. The lowest BCUT2D eigenvalue weighted by Gasteiger charge is -2.16. The van der Waals surface area contributed by atoms with Gasteiger partial charge in [-0.25, -0.2) is 9.78 Å². The molecule has 1 unspecified atom stereocenters. The van der Waals surface area contributed by atoms with Crippen LogP contribution in [-0.2, 0) is 17.8 Å². The first-order valence-electron chi connectivity index (χ1n) is 6.43. The number of benzene rings is 1. The van der Waals surface area contributed by atoms with E-state index in [1.165, 1.54) is 6.33 Å². The van der Waals surface area contributed by atoms with Crippen LogP contribution in [0.1, 0.15) is 11.3 Å². The first kappa shape index (κ1) is 15.0. The van der Waals surface area contributed by atoms with Crippen molar-refractivity contribution < 1.29 is 9.90 Å². The van der Waals surface area contributed by atoms with Crippen LogP contribution >= 0.6 is 12.2 Å². The second kappa shape index (κ2) is 7.39. The molecule has 0 aliphatic carbocycles. The van der Waals surface area contributed by atoms with Crippen LogP contribution in [0.3, 0.4) is 0 Å². The maximum absolute atomic E-state index is 11.3. The number of imidazole rings is 1. The van der Waals surface area contributed by atoms with Crippen LogP contribution in [0.25, 0.3) is 0 Å². The van der Waals surface area contributed by atoms with E-state index in [0.717, 1.165) is 11.3 Å². The molecule has 0 saturated heterocycles. The maximum atomic E-state index is 11.3. The van der Waals surface area contributed by atoms with Gasteiger partial charge in [0.15, 0.2) is 5.11 Å². The molecule has 4 N–H and O–H groups in total. The average Bonchev–Trinajstić information content (AvgIpc) is 2.98. The molecule has 110 valence electrons. The number of rotatable bonds is 6. The van der Waals surface area contributed by atoms with Gasteiger partial charge in [0.1, 0.15) is 6.04 Å². The summed E-state index contributed by atoms with van der Waals surface area (Å²) >= 11 is 5.13. The lowest BCUT2D eigenvalue weighted by molar-refractivity contribution is -0.139. The molecule has 0 amide bonds. The Morgan fingerprint density at radius 3 is 2.76 bits per heavy atom. The molecule has 0 aliphatic rings. The van der Waals surface area contributed by atoms with Gasteiger partial charge in [0, 0.05) is 24.9 Å². The summed E-state index contributed by atoms with van der Waals surface area (Å²) < 4.78 is 0. The van der Waals surface area contributed by atoms with Gasteiger partial charge in [-0.3, -0.25) is 0 Å². The van der Waals surface area contributed by atoms with Gasteiger partial charge in [0.05, 0.1) is 6.33 Å². The van der Waals surface area contributed by atoms with E-state index in [1.807, 2.05) is 30.3 Å². The highest BCUT2D eigenvalue weighted by Crippen LogP contribution is 2.00. The zero-order valence-electron chi connectivity index (χ0n) is 11.2. The Balaban J connectivity index is 1.85. The highest BCUT2D eigenvalue weighted by Gasteiger charge is 2.19. The first-order chi connectivity index (χ1) is 10.1. The highest BCUT2D eigenvalue weighted by molar-refractivity contribution is 7.80. The van der Waals surface area contributed by atoms with E-state index in [2.05, 4.69) is 20.6 Å². The summed E-state index contributed by atoms with van der Waals surface area (Å²) in [5, 5.41) is 15.3. The fourth-order valence-corrected chi connectivity index (χ4v) is 2.02. The van der Waals surface area contributed by atoms with E-state index in [1.54, 1.807) is 6.20 Å². The number of H-pyrrole nitrogens is 1. The molecule has 2 aromatic rings. The normalized spacial score (nSPS) is 11.6. The molecule has 0 fully saturated rings. The topological polar surface area (TPSA) is 90.0 Å². The van der Waals surface area contributed by atoms with Crippen LogP contribution in [0.2, 0.25) is 0 Å². The zero-order valence-corrected chi connectivity index (χ0v) is 12.1. The Kier molecular flexibility index (Phi) is 5.28. The fourth-order valence-electron chi connectivity index (χ4n) is 1.80. The molecule has 2 rings (SSSR count). The largest absolute Gasteiger partial charge is 0.480 e. The third-order valence-corrected chi connectivity index (χ3v) is 3.14. The van der Waals surface area contributed by atoms with Gasteiger partial charge < -0.3 is 20.7 Å². The van der Waals surface area contributed by atoms with Crippen LogP contribution < -0.4 is 10.6 Å². The Bertz CT molecular complexity index is 586. The molecule has 0 aliphatic heterocycles. The lowest BCUT2D eigenvalue weighted by atomic mass is 10.2. The number of carboxylic acid groups (broad SMARTS) is 1. The number of aromatic amines is 1. The van der Waals surface area contributed by atoms with Gasteiger partial charge >= 0.3 is 5.97 Å². The van der Waals surface area contributed by atoms with E-state index in [-0.39, 0.29) is 6.42 Å². The summed E-state index contributed by atoms with van der Waals surface area (Å²) in [5.41, 5.74) is 1.81. The van der Waals surface area contributed by atoms with E-state index in [0.29, 0.717) is 11.7 Å². The number of aliphatic carboxylic acids is 1. The van der Waals surface area contributed by atoms with Crippen LogP contribution in [0.4, 0.5) is 0 Å². The Morgan fingerprint density at radius 2 is 2.14 bits per heavy atom. The molecule has 1 aromatic carbocycles. The number of aromatic nitrogens is 2. The molecular weight excluding hydrogens is 288 g/mol. The predicted octanol–water partition coefficient (Wildman–Crippen LogP) is 1.07. The Morgan fingerprint density at radius 1 is 1.38 bits per heavy atom. The molecule has 1 aromatic heterocycles. The minimum atomic E-state index is -0.964. The van der Waals surface area contributed by atoms with Crippen molar-refractivity contribution in [2.24, 2.45) is 0 Å². The summed E-state index contributed by atoms with van der Waals surface area (Å²) in [4.78, 5) is 18.0. The van der Waals surface area contributed by atoms with Gasteiger partial charge in [0.2, 0.25) is 0 Å². The molecule has 0 spiro atoms. The highest BCUT2D eigenvalue weighted by atomic mass is 32.1. The van der Waals surface area contributed by atoms with Crippen molar-refractivity contribution in [3.63, 3.8) is 0 Å². The number of hydrogen-bond acceptors (Lipinski definition) is 3. The molecule has 1 atom stereocenters. The van der Waals surface area contributed by atoms with Crippen molar-refractivity contribution in [3.05, 3.63) is 54.1 Å². The van der Waals surface area contributed by atoms with Crippen molar-refractivity contribution in [2.45, 2.75) is 19.0 Å². The summed E-state index contributed by atoms with van der Waals surface area (Å²) in [7, 11) is 0. The van der Waals surface area contributed by atoms with Gasteiger partial charge in [-0.05, 0) is 17.8 Å². The van der Waals surface area contributed by atoms with E-state index in [9.17, 15) is 9.90 Å². The smallest absolute Gasteiger partial charge is 0.326 e. The molecule has 0 saturated carbocycles. The molecule has 0 radical (unpaired) electrons. The standard InChI is InChI=1S/C14H16N4O2S/c19-13(20)12(6-11-8-15-9-17-11)18-14(21)16-7-10-4-2-1-3-5-10/h1-5,8-9,12H,6-7H2,(H,15,17)(H,19,20)(H2,16,18,21). The van der Waals surface area contributed by atoms with Crippen LogP contribution in [0.15, 0.2) is 42.9 Å². The van der Waals surface area contributed by atoms with Gasteiger partial charge in [-0.1, -0.05) is 30.3 Å². The SMILES string of the molecule is O=C(O)C(Cc1cnc[nH]1)NC(=S)NCc1ccccc1. The van der Waals surface area contributed by atoms with Gasteiger partial charge in [-0.2, -0.15) is 0 Å². The maximum Gasteiger partial charge on any atom is 0.326 e. The van der Waals surface area contributed by atoms with Crippen molar-refractivity contribution in [1.82, 2.24) is 20.6 Å². The average molecular weight is 304 g/mol. The van der Waals surface area contributed by atoms with E-state index in [4.69, 9.17) is 12.2 Å². The van der Waals surface area contributed by atoms with Crippen molar-refractivity contribution >= 4 is 23.3 Å². The number of hydrogen-bond donors (Lipinski definition) is 4. The number of nitrogens with one attached hydrogen (secondary N) is 3. The third-order valence-electron chi connectivity index (χ3n) is 2.88. The molecule has 6 nitrogen and oxygen atoms in total. The lowest BCUT2D eigenvalue weighted by Crippen LogP contribution is -2.46. The molecule has 21 heavy (non-hydrogen) atoms. The van der Waals surface area contributed by atoms with Gasteiger partial charge in [0.25, 0.3) is 0 Å². The third kappa shape index (κ3) is 4.88. The number of thiocarbonyl (C=S) groups is 1. The zero-order chi connectivity index (χ0) is 15.1. The molecule has 7 heteroatoms. The quantitative estimate of drug-likeness (QED) is 0.597. The molecule has 1 heterocycles. The second-order valence-corrected chi connectivity index (χ2v) is 4.89. The van der Waals surface area contributed by atoms with Crippen molar-refractivity contribution in [1.29, 1.82) is 0 Å². The number of carbonyl (C=O) groups is 1. The first-order valence-corrected chi connectivity index (χ1v) is 6.84. The van der Waals surface area contributed by atoms with E-state index < -0.39 is 12.0 Å². The number of nitrogens with zero attached hydrogens (tertiary/aromatic N) is 1. The summed E-state index contributed by atoms with van der Waals surface area (Å²) in [6.07, 6.45) is 3.39. The monoisotopic (exact) mass is 304 g/mol. The van der Waals surface area contributed by atoms with Crippen LogP contribution in [0, 0.1) is 0 Å². The summed E-state index contributed by atoms with van der Waals surface area (Å²) in [5.74, 6) is -0.964. The minimum absolute atomic E-state index is 0.280. The van der Waals surface area contributed by atoms with Crippen molar-refractivity contribution in [2.75, 3.05) is 0 Å². The Labute approximate surface area is 127 Å². The van der Waals surface area contributed by atoms with Gasteiger partial charge in [-0.15, -0.1) is 0 Å².